The summed E-state index contributed by atoms with van der Waals surface area (Å²) in [5.41, 5.74) is 0. The van der Waals surface area contributed by atoms with Gasteiger partial charge in [0.25, 0.3) is 10.1 Å². The summed E-state index contributed by atoms with van der Waals surface area (Å²) in [6.07, 6.45) is 0. The van der Waals surface area contributed by atoms with Crippen LogP contribution in [-0.4, -0.2) is 41.9 Å². The van der Waals surface area contributed by atoms with Crippen molar-refractivity contribution >= 4 is 27.8 Å². The fourth-order valence-electron chi connectivity index (χ4n) is 0.957. The van der Waals surface area contributed by atoms with Crippen LogP contribution in [0.15, 0.2) is 0 Å². The van der Waals surface area contributed by atoms with Crippen LogP contribution in [0.5, 0.6) is 0 Å². The van der Waals surface area contributed by atoms with E-state index in [0.29, 0.717) is 0 Å². The Morgan fingerprint density at radius 1 is 1.69 bits per heavy atom. The Balaban J connectivity index is 2.47. The Kier molecular flexibility index (Phi) is 3.17. The van der Waals surface area contributed by atoms with Crippen LogP contribution in [0.1, 0.15) is 0 Å². The van der Waals surface area contributed by atoms with E-state index < -0.39 is 33.3 Å². The first kappa shape index (κ1) is 10.8. The van der Waals surface area contributed by atoms with Crippen LogP contribution in [0.3, 0.4) is 0 Å². The standard InChI is InChI=1S/C5H9NO5S2/c7-5(8)3-1-12-4(6-3)2-13(9,10)11/h3-4,6H,1-2H2,(H,7,8)(H,9,10,11)/p-1. The Labute approximate surface area is 79.5 Å². The van der Waals surface area contributed by atoms with Crippen molar-refractivity contribution in [3.05, 3.63) is 0 Å². The third-order valence-corrected chi connectivity index (χ3v) is 3.69. The lowest BCUT2D eigenvalue weighted by atomic mass is 10.3. The summed E-state index contributed by atoms with van der Waals surface area (Å²) >= 11 is 1.13. The monoisotopic (exact) mass is 226 g/mol. The maximum absolute atomic E-state index is 10.4. The van der Waals surface area contributed by atoms with E-state index >= 15 is 0 Å². The van der Waals surface area contributed by atoms with Gasteiger partial charge >= 0.3 is 0 Å². The zero-order chi connectivity index (χ0) is 10.1. The zero-order valence-electron chi connectivity index (χ0n) is 6.47. The first-order chi connectivity index (χ1) is 5.88. The Morgan fingerprint density at radius 2 is 2.31 bits per heavy atom. The molecule has 8 heteroatoms. The van der Waals surface area contributed by atoms with Crippen molar-refractivity contribution < 1.29 is 22.9 Å². The highest BCUT2D eigenvalue weighted by molar-refractivity contribution is 8.01. The van der Waals surface area contributed by atoms with Gasteiger partial charge in [-0.05, 0) is 0 Å². The van der Waals surface area contributed by atoms with Crippen LogP contribution in [0.25, 0.3) is 0 Å². The molecule has 0 aliphatic carbocycles. The van der Waals surface area contributed by atoms with Gasteiger partial charge in [0.05, 0.1) is 17.4 Å². The summed E-state index contributed by atoms with van der Waals surface area (Å²) in [6, 6.07) is -0.836. The summed E-state index contributed by atoms with van der Waals surface area (Å²) < 4.78 is 29.3. The fraction of sp³-hybridized carbons (Fsp3) is 0.800. The summed E-state index contributed by atoms with van der Waals surface area (Å²) in [6.45, 7) is 0. The van der Waals surface area contributed by atoms with Crippen molar-refractivity contribution in [1.82, 2.24) is 5.32 Å². The molecule has 1 rings (SSSR count). The number of thioether (sulfide) groups is 1. The van der Waals surface area contributed by atoms with E-state index in [1.54, 1.807) is 0 Å². The molecule has 0 spiro atoms. The Bertz CT molecular complexity index is 300. The Morgan fingerprint density at radius 3 is 2.69 bits per heavy atom. The average molecular weight is 226 g/mol. The molecule has 0 aromatic heterocycles. The van der Waals surface area contributed by atoms with Crippen LogP contribution < -0.4 is 10.4 Å². The normalized spacial score (nSPS) is 29.0. The third kappa shape index (κ3) is 3.51. The van der Waals surface area contributed by atoms with Crippen molar-refractivity contribution in [3.8, 4) is 0 Å². The number of hydrogen-bond donors (Lipinski definition) is 2. The molecule has 0 aromatic carbocycles. The molecule has 0 radical (unpaired) electrons. The first-order valence-corrected chi connectivity index (χ1v) is 6.08. The number of carbonyl (C=O) groups excluding carboxylic acids is 1. The molecule has 1 aliphatic heterocycles. The molecule has 1 saturated heterocycles. The van der Waals surface area contributed by atoms with E-state index in [-0.39, 0.29) is 5.75 Å². The second-order valence-corrected chi connectivity index (χ2v) is 5.34. The lowest BCUT2D eigenvalue weighted by Gasteiger charge is -2.12. The van der Waals surface area contributed by atoms with Crippen LogP contribution in [0.4, 0.5) is 0 Å². The summed E-state index contributed by atoms with van der Waals surface area (Å²) in [4.78, 5) is 10.3. The smallest absolute Gasteiger partial charge is 0.267 e. The van der Waals surface area contributed by atoms with Crippen LogP contribution in [0, 0.1) is 0 Å². The minimum Gasteiger partial charge on any atom is -0.548 e. The molecule has 1 heterocycles. The largest absolute Gasteiger partial charge is 0.548 e. The van der Waals surface area contributed by atoms with Gasteiger partial charge in [0, 0.05) is 5.75 Å². The molecule has 2 N–H and O–H groups in total. The van der Waals surface area contributed by atoms with E-state index in [9.17, 15) is 18.3 Å². The molecule has 1 aliphatic rings. The molecular weight excluding hydrogens is 218 g/mol. The Hall–Kier alpha value is -0.310. The van der Waals surface area contributed by atoms with Crippen molar-refractivity contribution in [2.75, 3.05) is 11.5 Å². The summed E-state index contributed by atoms with van der Waals surface area (Å²) in [7, 11) is -4.05. The minimum atomic E-state index is -4.05. The minimum absolute atomic E-state index is 0.252. The summed E-state index contributed by atoms with van der Waals surface area (Å²) in [5, 5.41) is 12.3. The molecule has 0 aromatic rings. The van der Waals surface area contributed by atoms with Crippen LogP contribution in [0.2, 0.25) is 0 Å². The second kappa shape index (κ2) is 3.82. The predicted molar refractivity (Wildman–Crippen MR) is 44.6 cm³/mol. The van der Waals surface area contributed by atoms with Crippen LogP contribution in [-0.2, 0) is 14.9 Å². The number of aliphatic carboxylic acids is 1. The maximum atomic E-state index is 10.4. The van der Waals surface area contributed by atoms with Crippen molar-refractivity contribution in [2.24, 2.45) is 0 Å². The van der Waals surface area contributed by atoms with E-state index in [1.165, 1.54) is 0 Å². The quantitative estimate of drug-likeness (QED) is 0.519. The number of nitrogens with one attached hydrogen (secondary N) is 1. The van der Waals surface area contributed by atoms with E-state index in [4.69, 9.17) is 4.55 Å². The molecule has 0 amide bonds. The van der Waals surface area contributed by atoms with Gasteiger partial charge in [-0.25, -0.2) is 0 Å². The van der Waals surface area contributed by atoms with Gasteiger partial charge in [-0.2, -0.15) is 8.42 Å². The highest BCUT2D eigenvalue weighted by atomic mass is 32.2. The fourth-order valence-corrected chi connectivity index (χ4v) is 3.25. The predicted octanol–water partition coefficient (Wildman–Crippen LogP) is -2.34. The van der Waals surface area contributed by atoms with Crippen LogP contribution >= 0.6 is 11.8 Å². The van der Waals surface area contributed by atoms with Crippen molar-refractivity contribution in [2.45, 2.75) is 11.4 Å². The number of carboxylic acids is 1. The summed E-state index contributed by atoms with van der Waals surface area (Å²) in [5.74, 6) is -1.49. The maximum Gasteiger partial charge on any atom is 0.267 e. The molecule has 6 nitrogen and oxygen atoms in total. The van der Waals surface area contributed by atoms with Crippen molar-refractivity contribution in [3.63, 3.8) is 0 Å². The number of rotatable bonds is 3. The molecular formula is C5H8NO5S2-. The average Bonchev–Trinajstić information content (AvgIpc) is 2.31. The first-order valence-electron chi connectivity index (χ1n) is 3.42. The molecule has 1 fully saturated rings. The van der Waals surface area contributed by atoms with E-state index in [1.807, 2.05) is 0 Å². The number of carboxylic acid groups (broad SMARTS) is 1. The van der Waals surface area contributed by atoms with Gasteiger partial charge in [0.2, 0.25) is 0 Å². The molecule has 2 atom stereocenters. The molecule has 2 unspecified atom stereocenters. The molecule has 13 heavy (non-hydrogen) atoms. The topological polar surface area (TPSA) is 107 Å². The SMILES string of the molecule is O=C([O-])C1CSC(CS(=O)(=O)O)N1. The third-order valence-electron chi connectivity index (χ3n) is 1.50. The molecule has 76 valence electrons. The zero-order valence-corrected chi connectivity index (χ0v) is 8.10. The van der Waals surface area contributed by atoms with Gasteiger partial charge in [-0.3, -0.25) is 9.87 Å². The van der Waals surface area contributed by atoms with Crippen molar-refractivity contribution in [1.29, 1.82) is 0 Å². The lowest BCUT2D eigenvalue weighted by molar-refractivity contribution is -0.307. The second-order valence-electron chi connectivity index (χ2n) is 2.61. The lowest BCUT2D eigenvalue weighted by Crippen LogP contribution is -2.46. The highest BCUT2D eigenvalue weighted by Gasteiger charge is 2.28. The highest BCUT2D eigenvalue weighted by Crippen LogP contribution is 2.19. The van der Waals surface area contributed by atoms with Gasteiger partial charge in [-0.15, -0.1) is 11.8 Å². The van der Waals surface area contributed by atoms with Gasteiger partial charge in [0.15, 0.2) is 0 Å². The number of hydrogen-bond acceptors (Lipinski definition) is 6. The molecule has 0 bridgehead atoms. The van der Waals surface area contributed by atoms with Gasteiger partial charge in [-0.1, -0.05) is 0 Å². The molecule has 0 saturated carbocycles. The van der Waals surface area contributed by atoms with Gasteiger partial charge < -0.3 is 9.90 Å². The number of carbonyl (C=O) groups is 1. The van der Waals surface area contributed by atoms with Gasteiger partial charge in [0.1, 0.15) is 5.75 Å². The van der Waals surface area contributed by atoms with E-state index in [0.717, 1.165) is 11.8 Å². The van der Waals surface area contributed by atoms with E-state index in [2.05, 4.69) is 5.32 Å².